The van der Waals surface area contributed by atoms with Crippen molar-refractivity contribution in [2.75, 3.05) is 7.05 Å². The van der Waals surface area contributed by atoms with Crippen LogP contribution in [-0.4, -0.2) is 34.2 Å². The normalized spacial score (nSPS) is 27.8. The minimum absolute atomic E-state index is 0.208. The van der Waals surface area contributed by atoms with Gasteiger partial charge < -0.3 is 4.52 Å². The van der Waals surface area contributed by atoms with E-state index < -0.39 is 0 Å². The minimum atomic E-state index is 0.208. The molecule has 0 amide bonds. The van der Waals surface area contributed by atoms with Crippen LogP contribution in [0.25, 0.3) is 11.4 Å². The highest BCUT2D eigenvalue weighted by Gasteiger charge is 2.48. The van der Waals surface area contributed by atoms with Crippen LogP contribution in [0.15, 0.2) is 59.1 Å². The third kappa shape index (κ3) is 2.97. The van der Waals surface area contributed by atoms with Crippen molar-refractivity contribution in [3.8, 4) is 11.4 Å². The molecule has 4 nitrogen and oxygen atoms in total. The van der Waals surface area contributed by atoms with E-state index in [4.69, 9.17) is 21.1 Å². The molecule has 2 aliphatic rings. The number of hydrogen-bond acceptors (Lipinski definition) is 4. The number of aromatic nitrogens is 2. The number of benzene rings is 2. The molecule has 0 unspecified atom stereocenters. The zero-order valence-electron chi connectivity index (χ0n) is 15.3. The molecule has 5 rings (SSSR count). The van der Waals surface area contributed by atoms with Crippen molar-refractivity contribution in [3.05, 3.63) is 71.1 Å². The summed E-state index contributed by atoms with van der Waals surface area (Å²) in [5.74, 6) is 2.01. The first-order valence-corrected chi connectivity index (χ1v) is 9.95. The molecule has 2 fully saturated rings. The van der Waals surface area contributed by atoms with E-state index in [0.717, 1.165) is 22.9 Å². The summed E-state index contributed by atoms with van der Waals surface area (Å²) in [5.41, 5.74) is 2.30. The van der Waals surface area contributed by atoms with Crippen molar-refractivity contribution in [2.24, 2.45) is 0 Å². The number of likely N-dealkylation sites (N-methyl/N-ethyl adjacent to an activating group) is 1. The van der Waals surface area contributed by atoms with Gasteiger partial charge >= 0.3 is 0 Å². The lowest BCUT2D eigenvalue weighted by molar-refractivity contribution is 0.120. The molecule has 0 saturated carbocycles. The van der Waals surface area contributed by atoms with Gasteiger partial charge in [0.05, 0.1) is 5.92 Å². The van der Waals surface area contributed by atoms with Crippen LogP contribution < -0.4 is 0 Å². The third-order valence-corrected chi connectivity index (χ3v) is 6.58. The van der Waals surface area contributed by atoms with E-state index in [2.05, 4.69) is 29.2 Å². The monoisotopic (exact) mass is 379 g/mol. The van der Waals surface area contributed by atoms with Crippen molar-refractivity contribution >= 4 is 11.6 Å². The van der Waals surface area contributed by atoms with Gasteiger partial charge in [0.25, 0.3) is 0 Å². The Hall–Kier alpha value is -2.17. The maximum absolute atomic E-state index is 6.12. The Balaban J connectivity index is 1.54. The molecule has 2 aliphatic heterocycles. The van der Waals surface area contributed by atoms with Crippen LogP contribution in [0.4, 0.5) is 0 Å². The Labute approximate surface area is 164 Å². The second-order valence-electron chi connectivity index (χ2n) is 7.71. The number of piperidine rings is 1. The molecule has 27 heavy (non-hydrogen) atoms. The predicted molar refractivity (Wildman–Crippen MR) is 106 cm³/mol. The Morgan fingerprint density at radius 2 is 1.81 bits per heavy atom. The standard InChI is InChI=1S/C22H22ClN3O/c1-26-17-11-12-19(26)20(18(13-17)14-7-9-16(23)10-8-14)22-24-21(25-27-22)15-5-3-2-4-6-15/h2-10,17-20H,11-13H2,1H3/t17-,18-,19-,20-/m0/s1. The van der Waals surface area contributed by atoms with Gasteiger partial charge in [-0.15, -0.1) is 0 Å². The van der Waals surface area contributed by atoms with Gasteiger partial charge in [-0.25, -0.2) is 0 Å². The quantitative estimate of drug-likeness (QED) is 0.633. The summed E-state index contributed by atoms with van der Waals surface area (Å²) in [6.45, 7) is 0. The maximum Gasteiger partial charge on any atom is 0.232 e. The van der Waals surface area contributed by atoms with E-state index in [1.807, 2.05) is 42.5 Å². The van der Waals surface area contributed by atoms with E-state index in [1.165, 1.54) is 18.4 Å². The van der Waals surface area contributed by atoms with Crippen molar-refractivity contribution in [2.45, 2.75) is 43.2 Å². The van der Waals surface area contributed by atoms with E-state index in [1.54, 1.807) is 0 Å². The van der Waals surface area contributed by atoms with Gasteiger partial charge in [0.1, 0.15) is 0 Å². The Morgan fingerprint density at radius 1 is 1.04 bits per heavy atom. The minimum Gasteiger partial charge on any atom is -0.339 e. The van der Waals surface area contributed by atoms with Crippen molar-refractivity contribution in [1.29, 1.82) is 0 Å². The fourth-order valence-electron chi connectivity index (χ4n) is 4.93. The van der Waals surface area contributed by atoms with E-state index in [9.17, 15) is 0 Å². The average molecular weight is 380 g/mol. The van der Waals surface area contributed by atoms with Gasteiger partial charge in [-0.2, -0.15) is 4.98 Å². The molecule has 0 N–H and O–H groups in total. The molecule has 0 spiro atoms. The van der Waals surface area contributed by atoms with Crippen LogP contribution in [-0.2, 0) is 0 Å². The van der Waals surface area contributed by atoms with Crippen LogP contribution in [0.5, 0.6) is 0 Å². The SMILES string of the molecule is CN1[C@H]2CC[C@H]1[C@@H](c1nc(-c3ccccc3)no1)[C@H](c1ccc(Cl)cc1)C2. The van der Waals surface area contributed by atoms with Crippen LogP contribution in [0, 0.1) is 0 Å². The highest BCUT2D eigenvalue weighted by molar-refractivity contribution is 6.30. The molecule has 2 saturated heterocycles. The largest absolute Gasteiger partial charge is 0.339 e. The van der Waals surface area contributed by atoms with Crippen LogP contribution >= 0.6 is 11.6 Å². The molecule has 1 aromatic heterocycles. The number of hydrogen-bond donors (Lipinski definition) is 0. The number of fused-ring (bicyclic) bond motifs is 2. The molecular formula is C22H22ClN3O. The number of nitrogens with zero attached hydrogens (tertiary/aromatic N) is 3. The summed E-state index contributed by atoms with van der Waals surface area (Å²) >= 11 is 6.12. The first-order valence-electron chi connectivity index (χ1n) is 9.57. The zero-order valence-corrected chi connectivity index (χ0v) is 16.0. The third-order valence-electron chi connectivity index (χ3n) is 6.33. The lowest BCUT2D eigenvalue weighted by atomic mass is 9.76. The molecule has 0 radical (unpaired) electrons. The highest BCUT2D eigenvalue weighted by Crippen LogP contribution is 2.50. The zero-order chi connectivity index (χ0) is 18.4. The van der Waals surface area contributed by atoms with Gasteiger partial charge in [-0.1, -0.05) is 59.2 Å². The molecule has 4 atom stereocenters. The first-order chi connectivity index (χ1) is 13.2. The summed E-state index contributed by atoms with van der Waals surface area (Å²) in [4.78, 5) is 7.34. The van der Waals surface area contributed by atoms with Crippen LogP contribution in [0.2, 0.25) is 5.02 Å². The van der Waals surface area contributed by atoms with Gasteiger partial charge in [-0.3, -0.25) is 4.90 Å². The van der Waals surface area contributed by atoms with Crippen LogP contribution in [0.1, 0.15) is 42.6 Å². The fraction of sp³-hybridized carbons (Fsp3) is 0.364. The van der Waals surface area contributed by atoms with Gasteiger partial charge in [0.15, 0.2) is 0 Å². The van der Waals surface area contributed by atoms with Gasteiger partial charge in [0.2, 0.25) is 11.7 Å². The summed E-state index contributed by atoms with van der Waals surface area (Å²) in [5, 5.41) is 5.06. The van der Waals surface area contributed by atoms with E-state index in [0.29, 0.717) is 23.8 Å². The smallest absolute Gasteiger partial charge is 0.232 e. The summed E-state index contributed by atoms with van der Waals surface area (Å²) in [7, 11) is 2.24. The molecule has 2 bridgehead atoms. The van der Waals surface area contributed by atoms with Crippen molar-refractivity contribution in [3.63, 3.8) is 0 Å². The summed E-state index contributed by atoms with van der Waals surface area (Å²) in [6, 6.07) is 19.4. The number of rotatable bonds is 3. The fourth-order valence-corrected chi connectivity index (χ4v) is 5.06. The average Bonchev–Trinajstić information content (AvgIpc) is 3.26. The van der Waals surface area contributed by atoms with Crippen LogP contribution in [0.3, 0.4) is 0 Å². The second-order valence-corrected chi connectivity index (χ2v) is 8.14. The Bertz CT molecular complexity index is 924. The lowest BCUT2D eigenvalue weighted by Crippen LogP contribution is -2.44. The molecular weight excluding hydrogens is 358 g/mol. The number of halogens is 1. The van der Waals surface area contributed by atoms with Crippen molar-refractivity contribution in [1.82, 2.24) is 15.0 Å². The van der Waals surface area contributed by atoms with Gasteiger partial charge in [0, 0.05) is 22.7 Å². The van der Waals surface area contributed by atoms with E-state index >= 15 is 0 Å². The van der Waals surface area contributed by atoms with E-state index in [-0.39, 0.29) is 5.92 Å². The highest BCUT2D eigenvalue weighted by atomic mass is 35.5. The molecule has 0 aliphatic carbocycles. The molecule has 3 heterocycles. The Kier molecular flexibility index (Phi) is 4.25. The summed E-state index contributed by atoms with van der Waals surface area (Å²) in [6.07, 6.45) is 3.53. The van der Waals surface area contributed by atoms with Gasteiger partial charge in [-0.05, 0) is 49.9 Å². The maximum atomic E-state index is 6.12. The summed E-state index contributed by atoms with van der Waals surface area (Å²) < 4.78 is 5.82. The molecule has 3 aromatic rings. The first kappa shape index (κ1) is 17.0. The second kappa shape index (κ2) is 6.77. The Morgan fingerprint density at radius 3 is 2.59 bits per heavy atom. The van der Waals surface area contributed by atoms with Crippen molar-refractivity contribution < 1.29 is 4.52 Å². The molecule has 138 valence electrons. The molecule has 5 heteroatoms. The topological polar surface area (TPSA) is 42.2 Å². The predicted octanol–water partition coefficient (Wildman–Crippen LogP) is 5.12. The molecule has 2 aromatic carbocycles. The lowest BCUT2D eigenvalue weighted by Gasteiger charge is -2.41.